The predicted octanol–water partition coefficient (Wildman–Crippen LogP) is -1.53. The molecule has 0 aliphatic carbocycles. The molecule has 14 nitrogen and oxygen atoms in total. The fraction of sp³-hybridized carbons (Fsp3) is 0.353. The molecule has 1 rings (SSSR count). The molecule has 0 unspecified atom stereocenters. The zero-order valence-corrected chi connectivity index (χ0v) is 16.2. The molecule has 0 bridgehead atoms. The second-order valence-electron chi connectivity index (χ2n) is 6.01. The number of nitro groups is 1. The number of carbonyl (C=O) groups is 5. The first kappa shape index (κ1) is 25.0. The summed E-state index contributed by atoms with van der Waals surface area (Å²) in [5, 5.41) is 23.6. The van der Waals surface area contributed by atoms with Crippen molar-refractivity contribution in [3.63, 3.8) is 0 Å². The van der Waals surface area contributed by atoms with Gasteiger partial charge in [-0.15, -0.1) is 0 Å². The third kappa shape index (κ3) is 9.31. The Kier molecular flexibility index (Phi) is 9.52. The number of carbonyl (C=O) groups excluding carboxylic acids is 4. The molecule has 0 aliphatic heterocycles. The van der Waals surface area contributed by atoms with Gasteiger partial charge in [-0.2, -0.15) is 0 Å². The zero-order chi connectivity index (χ0) is 23.6. The largest absolute Gasteiger partial charge is 0.481 e. The van der Waals surface area contributed by atoms with Crippen molar-refractivity contribution in [1.82, 2.24) is 10.6 Å². The van der Waals surface area contributed by atoms with E-state index >= 15 is 0 Å². The fourth-order valence-corrected chi connectivity index (χ4v) is 2.03. The average Bonchev–Trinajstić information content (AvgIpc) is 2.68. The maximum Gasteiger partial charge on any atom is 0.330 e. The Morgan fingerprint density at radius 1 is 1.16 bits per heavy atom. The Morgan fingerprint density at radius 2 is 1.77 bits per heavy atom. The van der Waals surface area contributed by atoms with Crippen LogP contribution in [0.25, 0.3) is 0 Å². The van der Waals surface area contributed by atoms with E-state index in [9.17, 15) is 34.1 Å². The molecule has 31 heavy (non-hydrogen) atoms. The summed E-state index contributed by atoms with van der Waals surface area (Å²) < 4.78 is 9.58. The molecule has 0 radical (unpaired) electrons. The number of nitrogens with one attached hydrogen (secondary N) is 2. The Labute approximate surface area is 174 Å². The van der Waals surface area contributed by atoms with Crippen LogP contribution in [-0.4, -0.2) is 65.0 Å². The number of benzene rings is 1. The number of hydrogen-bond acceptors (Lipinski definition) is 10. The lowest BCUT2D eigenvalue weighted by Gasteiger charge is -2.19. The summed E-state index contributed by atoms with van der Waals surface area (Å²) in [5.74, 6) is -4.94. The normalized spacial score (nSPS) is 12.1. The standard InChI is InChI=1S/C17H20N4O10/c1-9(22)30-8-13(20-16(26)12(18)6-14(23)24)17(27)19-7-15(25)31-11-4-2-10(3-5-11)21(28)29/h2-5,12-13H,6-8,18H2,1H3,(H,19,27)(H,20,26)(H,23,24)/t12-,13-/m0/s1. The Hall–Kier alpha value is -4.07. The van der Waals surface area contributed by atoms with Gasteiger partial charge in [0.2, 0.25) is 11.8 Å². The minimum atomic E-state index is -1.46. The minimum Gasteiger partial charge on any atom is -0.481 e. The second-order valence-corrected chi connectivity index (χ2v) is 6.01. The number of nitro benzene ring substituents is 1. The van der Waals surface area contributed by atoms with Crippen molar-refractivity contribution in [3.05, 3.63) is 34.4 Å². The van der Waals surface area contributed by atoms with E-state index in [-0.39, 0.29) is 11.4 Å². The molecule has 0 saturated heterocycles. The van der Waals surface area contributed by atoms with Gasteiger partial charge in [0.1, 0.15) is 24.9 Å². The van der Waals surface area contributed by atoms with Crippen LogP contribution in [-0.2, 0) is 28.7 Å². The number of rotatable bonds is 11. The Morgan fingerprint density at radius 3 is 2.29 bits per heavy atom. The van der Waals surface area contributed by atoms with E-state index in [2.05, 4.69) is 15.4 Å². The van der Waals surface area contributed by atoms with Gasteiger partial charge in [0, 0.05) is 19.1 Å². The number of nitrogens with zero attached hydrogens (tertiary/aromatic N) is 1. The van der Waals surface area contributed by atoms with Crippen molar-refractivity contribution in [2.75, 3.05) is 13.2 Å². The van der Waals surface area contributed by atoms with E-state index in [1.54, 1.807) is 0 Å². The molecule has 0 fully saturated rings. The van der Waals surface area contributed by atoms with E-state index < -0.39 is 66.3 Å². The maximum absolute atomic E-state index is 12.3. The van der Waals surface area contributed by atoms with Gasteiger partial charge in [0.15, 0.2) is 0 Å². The van der Waals surface area contributed by atoms with Crippen molar-refractivity contribution in [2.45, 2.75) is 25.4 Å². The number of carboxylic acid groups (broad SMARTS) is 1. The van der Waals surface area contributed by atoms with Crippen molar-refractivity contribution < 1.29 is 43.5 Å². The van der Waals surface area contributed by atoms with Gasteiger partial charge in [-0.05, 0) is 12.1 Å². The van der Waals surface area contributed by atoms with Gasteiger partial charge in [0.25, 0.3) is 5.69 Å². The molecule has 5 N–H and O–H groups in total. The van der Waals surface area contributed by atoms with Crippen molar-refractivity contribution in [2.24, 2.45) is 5.73 Å². The summed E-state index contributed by atoms with van der Waals surface area (Å²) >= 11 is 0. The van der Waals surface area contributed by atoms with Crippen LogP contribution in [0.4, 0.5) is 5.69 Å². The molecule has 1 aromatic rings. The summed E-state index contributed by atoms with van der Waals surface area (Å²) in [7, 11) is 0. The smallest absolute Gasteiger partial charge is 0.330 e. The summed E-state index contributed by atoms with van der Waals surface area (Å²) in [6.45, 7) is -0.179. The van der Waals surface area contributed by atoms with Crippen LogP contribution in [0.5, 0.6) is 5.75 Å². The molecule has 0 spiro atoms. The number of hydrogen-bond donors (Lipinski definition) is 4. The van der Waals surface area contributed by atoms with E-state index in [4.69, 9.17) is 15.6 Å². The van der Waals surface area contributed by atoms with Crippen LogP contribution in [0.1, 0.15) is 13.3 Å². The van der Waals surface area contributed by atoms with Crippen LogP contribution in [0.15, 0.2) is 24.3 Å². The Balaban J connectivity index is 2.66. The van der Waals surface area contributed by atoms with Crippen molar-refractivity contribution >= 4 is 35.4 Å². The van der Waals surface area contributed by atoms with Crippen LogP contribution < -0.4 is 21.1 Å². The summed E-state index contributed by atoms with van der Waals surface area (Å²) in [5.41, 5.74) is 5.20. The second kappa shape index (κ2) is 11.8. The Bertz CT molecular complexity index is 855. The number of esters is 2. The van der Waals surface area contributed by atoms with Crippen LogP contribution in [0.3, 0.4) is 0 Å². The van der Waals surface area contributed by atoms with Gasteiger partial charge < -0.3 is 30.9 Å². The van der Waals surface area contributed by atoms with E-state index in [0.29, 0.717) is 0 Å². The fourth-order valence-electron chi connectivity index (χ4n) is 2.03. The highest BCUT2D eigenvalue weighted by molar-refractivity contribution is 5.92. The van der Waals surface area contributed by atoms with Gasteiger partial charge in [-0.1, -0.05) is 0 Å². The summed E-state index contributed by atoms with van der Waals surface area (Å²) in [6, 6.07) is 1.69. The SMILES string of the molecule is CC(=O)OC[C@H](NC(=O)[C@@H](N)CC(=O)O)C(=O)NCC(=O)Oc1ccc([N+](=O)[O-])cc1. The lowest BCUT2D eigenvalue weighted by atomic mass is 10.2. The van der Waals surface area contributed by atoms with E-state index in [1.807, 2.05) is 0 Å². The highest BCUT2D eigenvalue weighted by atomic mass is 16.6. The zero-order valence-electron chi connectivity index (χ0n) is 16.2. The predicted molar refractivity (Wildman–Crippen MR) is 101 cm³/mol. The number of aliphatic carboxylic acids is 1. The maximum atomic E-state index is 12.3. The molecule has 14 heteroatoms. The molecule has 0 aromatic heterocycles. The molecular formula is C17H20N4O10. The molecule has 0 saturated carbocycles. The quantitative estimate of drug-likeness (QED) is 0.134. The first-order chi connectivity index (χ1) is 14.5. The lowest BCUT2D eigenvalue weighted by Crippen LogP contribution is -2.54. The highest BCUT2D eigenvalue weighted by Gasteiger charge is 2.26. The first-order valence-corrected chi connectivity index (χ1v) is 8.63. The monoisotopic (exact) mass is 440 g/mol. The highest BCUT2D eigenvalue weighted by Crippen LogP contribution is 2.17. The topological polar surface area (TPSA) is 217 Å². The number of non-ortho nitro benzene ring substituents is 1. The molecular weight excluding hydrogens is 420 g/mol. The molecule has 1 aromatic carbocycles. The lowest BCUT2D eigenvalue weighted by molar-refractivity contribution is -0.384. The van der Waals surface area contributed by atoms with Gasteiger partial charge in [-0.3, -0.25) is 29.3 Å². The van der Waals surface area contributed by atoms with Crippen LogP contribution >= 0.6 is 0 Å². The third-order valence-corrected chi connectivity index (χ3v) is 3.50. The number of carboxylic acids is 1. The average molecular weight is 440 g/mol. The summed E-state index contributed by atoms with van der Waals surface area (Å²) in [6.07, 6.45) is -0.699. The number of amides is 2. The van der Waals surface area contributed by atoms with E-state index in [1.165, 1.54) is 12.1 Å². The van der Waals surface area contributed by atoms with Crippen LogP contribution in [0.2, 0.25) is 0 Å². The van der Waals surface area contributed by atoms with Gasteiger partial charge in [0.05, 0.1) is 17.4 Å². The molecule has 168 valence electrons. The molecule has 0 heterocycles. The first-order valence-electron chi connectivity index (χ1n) is 8.63. The van der Waals surface area contributed by atoms with Crippen molar-refractivity contribution in [1.29, 1.82) is 0 Å². The van der Waals surface area contributed by atoms with Gasteiger partial charge >= 0.3 is 17.9 Å². The van der Waals surface area contributed by atoms with Gasteiger partial charge in [-0.25, -0.2) is 4.79 Å². The third-order valence-electron chi connectivity index (χ3n) is 3.50. The molecule has 2 atom stereocenters. The number of nitrogens with two attached hydrogens (primary N) is 1. The van der Waals surface area contributed by atoms with Crippen molar-refractivity contribution in [3.8, 4) is 5.75 Å². The molecule has 0 aliphatic rings. The minimum absolute atomic E-state index is 0.00532. The van der Waals surface area contributed by atoms with E-state index in [0.717, 1.165) is 19.1 Å². The molecule has 2 amide bonds. The number of ether oxygens (including phenoxy) is 2. The summed E-state index contributed by atoms with van der Waals surface area (Å²) in [4.78, 5) is 67.6. The van der Waals surface area contributed by atoms with Crippen LogP contribution in [0, 0.1) is 10.1 Å².